The summed E-state index contributed by atoms with van der Waals surface area (Å²) in [5, 5.41) is 0. The van der Waals surface area contributed by atoms with Gasteiger partial charge in [0.25, 0.3) is 0 Å². The van der Waals surface area contributed by atoms with Crippen LogP contribution in [0.5, 0.6) is 0 Å². The fourth-order valence-corrected chi connectivity index (χ4v) is 3.20. The molecule has 0 aliphatic heterocycles. The summed E-state index contributed by atoms with van der Waals surface area (Å²) in [4.78, 5) is 1.28. The number of hydrogen-bond acceptors (Lipinski definition) is 2. The van der Waals surface area contributed by atoms with Gasteiger partial charge in [-0.15, -0.1) is 11.8 Å². The van der Waals surface area contributed by atoms with Crippen LogP contribution in [0.25, 0.3) is 0 Å². The summed E-state index contributed by atoms with van der Waals surface area (Å²) in [5.74, 6) is 1.79. The van der Waals surface area contributed by atoms with Gasteiger partial charge < -0.3 is 5.73 Å². The molecule has 0 aliphatic rings. The molecule has 0 spiro atoms. The second kappa shape index (κ2) is 8.17. The summed E-state index contributed by atoms with van der Waals surface area (Å²) in [5.41, 5.74) is 6.12. The van der Waals surface area contributed by atoms with E-state index in [0.717, 1.165) is 18.1 Å². The third-order valence-corrected chi connectivity index (χ3v) is 4.86. The van der Waals surface area contributed by atoms with Crippen molar-refractivity contribution in [1.82, 2.24) is 0 Å². The van der Waals surface area contributed by atoms with E-state index in [1.54, 1.807) is 0 Å². The van der Waals surface area contributed by atoms with Gasteiger partial charge in [-0.25, -0.2) is 0 Å². The standard InChI is InChI=1S/C14H22BrNS/c1-11(2)6-5-7-12(16)10-17-14-9-4-3-8-13(14)15/h3-4,8-9,11-12H,5-7,10,16H2,1-2H3. The van der Waals surface area contributed by atoms with Gasteiger partial charge in [-0.2, -0.15) is 0 Å². The van der Waals surface area contributed by atoms with Crippen LogP contribution in [0, 0.1) is 5.92 Å². The van der Waals surface area contributed by atoms with Gasteiger partial charge in [0.2, 0.25) is 0 Å². The van der Waals surface area contributed by atoms with E-state index in [1.807, 2.05) is 17.8 Å². The normalized spacial score (nSPS) is 13.0. The lowest BCUT2D eigenvalue weighted by Crippen LogP contribution is -2.22. The lowest BCUT2D eigenvalue weighted by Gasteiger charge is -2.12. The van der Waals surface area contributed by atoms with Gasteiger partial charge in [0.15, 0.2) is 0 Å². The first-order chi connectivity index (χ1) is 8.09. The monoisotopic (exact) mass is 315 g/mol. The minimum Gasteiger partial charge on any atom is -0.327 e. The van der Waals surface area contributed by atoms with E-state index in [1.165, 1.54) is 22.2 Å². The molecule has 0 fully saturated rings. The maximum Gasteiger partial charge on any atom is 0.0311 e. The first kappa shape index (κ1) is 15.1. The summed E-state index contributed by atoms with van der Waals surface area (Å²) >= 11 is 5.40. The summed E-state index contributed by atoms with van der Waals surface area (Å²) in [6.07, 6.45) is 3.67. The molecule has 17 heavy (non-hydrogen) atoms. The van der Waals surface area contributed by atoms with Gasteiger partial charge in [-0.1, -0.05) is 38.8 Å². The van der Waals surface area contributed by atoms with Crippen molar-refractivity contribution in [1.29, 1.82) is 0 Å². The molecule has 0 saturated heterocycles. The van der Waals surface area contributed by atoms with E-state index in [4.69, 9.17) is 5.73 Å². The Hall–Kier alpha value is 0.01000. The molecule has 1 aromatic rings. The van der Waals surface area contributed by atoms with Crippen LogP contribution in [0.2, 0.25) is 0 Å². The van der Waals surface area contributed by atoms with Crippen molar-refractivity contribution in [2.75, 3.05) is 5.75 Å². The van der Waals surface area contributed by atoms with Crippen LogP contribution in [-0.2, 0) is 0 Å². The van der Waals surface area contributed by atoms with Crippen LogP contribution in [0.15, 0.2) is 33.6 Å². The number of nitrogens with two attached hydrogens (primary N) is 1. The molecule has 3 heteroatoms. The first-order valence-electron chi connectivity index (χ1n) is 6.22. The summed E-state index contributed by atoms with van der Waals surface area (Å²) < 4.78 is 1.17. The van der Waals surface area contributed by atoms with Gasteiger partial charge in [0.05, 0.1) is 0 Å². The molecule has 0 saturated carbocycles. The zero-order valence-electron chi connectivity index (χ0n) is 10.7. The number of rotatable bonds is 7. The highest BCUT2D eigenvalue weighted by atomic mass is 79.9. The molecule has 0 radical (unpaired) electrons. The Bertz CT molecular complexity index is 328. The maximum atomic E-state index is 6.12. The molecule has 0 aromatic heterocycles. The van der Waals surface area contributed by atoms with Crippen molar-refractivity contribution in [3.8, 4) is 0 Å². The predicted octanol–water partition coefficient (Wildman–Crippen LogP) is 4.69. The average molecular weight is 316 g/mol. The lowest BCUT2D eigenvalue weighted by molar-refractivity contribution is 0.513. The quantitative estimate of drug-likeness (QED) is 0.738. The maximum absolute atomic E-state index is 6.12. The van der Waals surface area contributed by atoms with Crippen molar-refractivity contribution in [3.63, 3.8) is 0 Å². The minimum absolute atomic E-state index is 0.311. The number of halogens is 1. The van der Waals surface area contributed by atoms with Crippen LogP contribution < -0.4 is 5.73 Å². The Morgan fingerprint density at radius 3 is 2.59 bits per heavy atom. The van der Waals surface area contributed by atoms with Gasteiger partial charge in [0, 0.05) is 21.2 Å². The third kappa shape index (κ3) is 6.49. The molecule has 0 heterocycles. The van der Waals surface area contributed by atoms with E-state index >= 15 is 0 Å². The van der Waals surface area contributed by atoms with Crippen LogP contribution in [-0.4, -0.2) is 11.8 Å². The fourth-order valence-electron chi connectivity index (χ4n) is 1.63. The highest BCUT2D eigenvalue weighted by Gasteiger charge is 2.06. The van der Waals surface area contributed by atoms with Gasteiger partial charge in [0.1, 0.15) is 0 Å². The summed E-state index contributed by atoms with van der Waals surface area (Å²) in [7, 11) is 0. The highest BCUT2D eigenvalue weighted by molar-refractivity contribution is 9.10. The number of benzene rings is 1. The van der Waals surface area contributed by atoms with Crippen LogP contribution in [0.4, 0.5) is 0 Å². The van der Waals surface area contributed by atoms with Crippen LogP contribution in [0.1, 0.15) is 33.1 Å². The molecule has 0 bridgehead atoms. The molecule has 1 atom stereocenters. The van der Waals surface area contributed by atoms with Crippen LogP contribution >= 0.6 is 27.7 Å². The highest BCUT2D eigenvalue weighted by Crippen LogP contribution is 2.27. The minimum atomic E-state index is 0.311. The Balaban J connectivity index is 2.24. The van der Waals surface area contributed by atoms with E-state index < -0.39 is 0 Å². The predicted molar refractivity (Wildman–Crippen MR) is 81.5 cm³/mol. The molecule has 96 valence electrons. The Kier molecular flexibility index (Phi) is 7.24. The number of thioether (sulfide) groups is 1. The topological polar surface area (TPSA) is 26.0 Å². The van der Waals surface area contributed by atoms with E-state index in [2.05, 4.69) is 48.0 Å². The SMILES string of the molecule is CC(C)CCCC(N)CSc1ccccc1Br. The largest absolute Gasteiger partial charge is 0.327 e. The lowest BCUT2D eigenvalue weighted by atomic mass is 10.0. The smallest absolute Gasteiger partial charge is 0.0311 e. The summed E-state index contributed by atoms with van der Waals surface area (Å²) in [6.45, 7) is 4.53. The van der Waals surface area contributed by atoms with Crippen molar-refractivity contribution in [3.05, 3.63) is 28.7 Å². The first-order valence-corrected chi connectivity index (χ1v) is 8.00. The molecule has 1 unspecified atom stereocenters. The van der Waals surface area contributed by atoms with Crippen LogP contribution in [0.3, 0.4) is 0 Å². The molecule has 1 aromatic carbocycles. The molecule has 1 rings (SSSR count). The molecule has 0 aliphatic carbocycles. The van der Waals surface area contributed by atoms with Gasteiger partial charge in [-0.3, -0.25) is 0 Å². The second-order valence-corrected chi connectivity index (χ2v) is 6.74. The Morgan fingerprint density at radius 2 is 1.94 bits per heavy atom. The van der Waals surface area contributed by atoms with Gasteiger partial charge >= 0.3 is 0 Å². The Labute approximate surface area is 118 Å². The molecule has 0 amide bonds. The zero-order valence-corrected chi connectivity index (χ0v) is 13.1. The molecule has 1 nitrogen and oxygen atoms in total. The second-order valence-electron chi connectivity index (χ2n) is 4.83. The number of hydrogen-bond donors (Lipinski definition) is 1. The zero-order chi connectivity index (χ0) is 12.7. The Morgan fingerprint density at radius 1 is 1.24 bits per heavy atom. The summed E-state index contributed by atoms with van der Waals surface area (Å²) in [6, 6.07) is 8.63. The fraction of sp³-hybridized carbons (Fsp3) is 0.571. The van der Waals surface area contributed by atoms with E-state index in [9.17, 15) is 0 Å². The molecule has 2 N–H and O–H groups in total. The van der Waals surface area contributed by atoms with Crippen molar-refractivity contribution in [2.45, 2.75) is 44.0 Å². The molecular formula is C14H22BrNS. The van der Waals surface area contributed by atoms with Crippen molar-refractivity contribution in [2.24, 2.45) is 11.7 Å². The molecular weight excluding hydrogens is 294 g/mol. The van der Waals surface area contributed by atoms with E-state index in [-0.39, 0.29) is 0 Å². The third-order valence-electron chi connectivity index (χ3n) is 2.65. The van der Waals surface area contributed by atoms with E-state index in [0.29, 0.717) is 6.04 Å². The van der Waals surface area contributed by atoms with Gasteiger partial charge in [-0.05, 0) is 40.4 Å². The van der Waals surface area contributed by atoms with Crippen molar-refractivity contribution >= 4 is 27.7 Å². The van der Waals surface area contributed by atoms with Crippen molar-refractivity contribution < 1.29 is 0 Å². The average Bonchev–Trinajstić information content (AvgIpc) is 2.27.